The fourth-order valence-electron chi connectivity index (χ4n) is 4.24. The van der Waals surface area contributed by atoms with Gasteiger partial charge in [-0.3, -0.25) is 9.88 Å². The molecule has 0 N–H and O–H groups in total. The van der Waals surface area contributed by atoms with E-state index in [1.165, 1.54) is 16.0 Å². The van der Waals surface area contributed by atoms with E-state index in [0.29, 0.717) is 6.42 Å². The van der Waals surface area contributed by atoms with Crippen molar-refractivity contribution in [3.63, 3.8) is 0 Å². The third-order valence-corrected chi connectivity index (χ3v) is 5.72. The summed E-state index contributed by atoms with van der Waals surface area (Å²) in [6, 6.07) is 19.3. The van der Waals surface area contributed by atoms with Crippen LogP contribution in [0.5, 0.6) is 0 Å². The van der Waals surface area contributed by atoms with Gasteiger partial charge in [0.1, 0.15) is 12.6 Å². The summed E-state index contributed by atoms with van der Waals surface area (Å²) in [7, 11) is 0. The highest BCUT2D eigenvalue weighted by atomic mass is 16.6. The second-order valence-corrected chi connectivity index (χ2v) is 7.45. The Hall–Kier alpha value is -3.67. The third-order valence-electron chi connectivity index (χ3n) is 5.72. The summed E-state index contributed by atoms with van der Waals surface area (Å²) in [4.78, 5) is 30.4. The number of pyridine rings is 1. The smallest absolute Gasteiger partial charge is 0.413 e. The lowest BCUT2D eigenvalue weighted by molar-refractivity contribution is -0.139. The molecule has 1 unspecified atom stereocenters. The van der Waals surface area contributed by atoms with Gasteiger partial charge in [-0.1, -0.05) is 54.6 Å². The molecule has 0 bridgehead atoms. The molecule has 2 aromatic carbocycles. The van der Waals surface area contributed by atoms with Crippen molar-refractivity contribution < 1.29 is 19.1 Å². The summed E-state index contributed by atoms with van der Waals surface area (Å²) < 4.78 is 10.8. The average Bonchev–Trinajstić information content (AvgIpc) is 3.31. The van der Waals surface area contributed by atoms with Crippen molar-refractivity contribution >= 4 is 12.1 Å². The number of ether oxygens (including phenoxy) is 2. The van der Waals surface area contributed by atoms with Crippen LogP contribution in [-0.2, 0) is 20.7 Å². The van der Waals surface area contributed by atoms with Crippen LogP contribution in [0.25, 0.3) is 11.1 Å². The number of fused-ring (bicyclic) bond motifs is 3. The van der Waals surface area contributed by atoms with E-state index in [9.17, 15) is 9.59 Å². The molecule has 2 heterocycles. The third kappa shape index (κ3) is 3.20. The fraction of sp³-hybridized carbons (Fsp3) is 0.208. The molecular weight excluding hydrogens is 380 g/mol. The zero-order valence-corrected chi connectivity index (χ0v) is 16.2. The number of carbonyl (C=O) groups excluding carboxylic acids is 2. The molecule has 3 aromatic rings. The van der Waals surface area contributed by atoms with E-state index < -0.39 is 18.1 Å². The predicted octanol–water partition coefficient (Wildman–Crippen LogP) is 3.76. The van der Waals surface area contributed by atoms with Gasteiger partial charge in [-0.15, -0.1) is 0 Å². The van der Waals surface area contributed by atoms with Crippen molar-refractivity contribution in [3.8, 4) is 11.1 Å². The zero-order valence-electron chi connectivity index (χ0n) is 16.2. The number of hydrogen-bond acceptors (Lipinski definition) is 5. The highest BCUT2D eigenvalue weighted by Gasteiger charge is 2.39. The fourth-order valence-corrected chi connectivity index (χ4v) is 4.24. The second kappa shape index (κ2) is 7.63. The highest BCUT2D eigenvalue weighted by molar-refractivity contribution is 5.84. The molecule has 1 amide bonds. The molecule has 5 rings (SSSR count). The van der Waals surface area contributed by atoms with Gasteiger partial charge in [0.25, 0.3) is 0 Å². The second-order valence-electron chi connectivity index (χ2n) is 7.45. The maximum absolute atomic E-state index is 12.8. The molecule has 1 fully saturated rings. The first-order valence-corrected chi connectivity index (χ1v) is 9.89. The molecule has 1 atom stereocenters. The lowest BCUT2D eigenvalue weighted by Crippen LogP contribution is -2.40. The summed E-state index contributed by atoms with van der Waals surface area (Å²) in [5.41, 5.74) is 5.49. The van der Waals surface area contributed by atoms with Crippen LogP contribution in [0.4, 0.5) is 4.79 Å². The van der Waals surface area contributed by atoms with Crippen LogP contribution in [0.2, 0.25) is 0 Å². The Balaban J connectivity index is 1.32. The van der Waals surface area contributed by atoms with Crippen molar-refractivity contribution in [2.24, 2.45) is 0 Å². The van der Waals surface area contributed by atoms with Crippen LogP contribution in [0.1, 0.15) is 22.6 Å². The van der Waals surface area contributed by atoms with E-state index in [2.05, 4.69) is 29.2 Å². The van der Waals surface area contributed by atoms with Crippen LogP contribution in [0.15, 0.2) is 73.1 Å². The number of hydrogen-bond donors (Lipinski definition) is 0. The number of amides is 1. The molecule has 1 aliphatic carbocycles. The minimum absolute atomic E-state index is 0.0302. The van der Waals surface area contributed by atoms with Crippen LogP contribution < -0.4 is 0 Å². The molecular formula is C24H20N2O4. The summed E-state index contributed by atoms with van der Waals surface area (Å²) in [5.74, 6) is -0.454. The minimum Gasteiger partial charge on any atom is -0.448 e. The molecule has 1 saturated heterocycles. The molecule has 30 heavy (non-hydrogen) atoms. The van der Waals surface area contributed by atoms with E-state index in [1.54, 1.807) is 18.5 Å². The molecule has 1 aromatic heterocycles. The Morgan fingerprint density at radius 2 is 1.73 bits per heavy atom. The number of esters is 1. The molecule has 0 spiro atoms. The van der Waals surface area contributed by atoms with Gasteiger partial charge in [-0.05, 0) is 33.9 Å². The van der Waals surface area contributed by atoms with Crippen molar-refractivity contribution in [1.29, 1.82) is 0 Å². The number of carbonyl (C=O) groups is 2. The summed E-state index contributed by atoms with van der Waals surface area (Å²) in [6.07, 6.45) is 3.15. The molecule has 6 nitrogen and oxygen atoms in total. The van der Waals surface area contributed by atoms with Crippen LogP contribution in [-0.4, -0.2) is 41.3 Å². The first-order chi connectivity index (χ1) is 14.7. The van der Waals surface area contributed by atoms with Crippen LogP contribution in [0.3, 0.4) is 0 Å². The Morgan fingerprint density at radius 3 is 2.40 bits per heavy atom. The largest absolute Gasteiger partial charge is 0.448 e. The monoisotopic (exact) mass is 400 g/mol. The van der Waals surface area contributed by atoms with E-state index in [0.717, 1.165) is 16.7 Å². The lowest BCUT2D eigenvalue weighted by atomic mass is 9.98. The molecule has 1 aliphatic heterocycles. The number of aromatic nitrogens is 1. The van der Waals surface area contributed by atoms with Crippen molar-refractivity contribution in [3.05, 3.63) is 89.7 Å². The first kappa shape index (κ1) is 18.4. The molecule has 2 aliphatic rings. The van der Waals surface area contributed by atoms with Crippen molar-refractivity contribution in [2.45, 2.75) is 18.4 Å². The van der Waals surface area contributed by atoms with Gasteiger partial charge in [-0.2, -0.15) is 0 Å². The Labute approximate surface area is 174 Å². The van der Waals surface area contributed by atoms with E-state index in [-0.39, 0.29) is 19.3 Å². The predicted molar refractivity (Wildman–Crippen MR) is 110 cm³/mol. The zero-order chi connectivity index (χ0) is 20.5. The first-order valence-electron chi connectivity index (χ1n) is 9.89. The average molecular weight is 400 g/mol. The van der Waals surface area contributed by atoms with Gasteiger partial charge in [0.05, 0.1) is 0 Å². The van der Waals surface area contributed by atoms with E-state index in [1.807, 2.05) is 30.3 Å². The van der Waals surface area contributed by atoms with Gasteiger partial charge >= 0.3 is 12.1 Å². The van der Waals surface area contributed by atoms with Crippen LogP contribution in [0, 0.1) is 0 Å². The molecule has 0 saturated carbocycles. The number of cyclic esters (lactones) is 1. The van der Waals surface area contributed by atoms with Gasteiger partial charge in [0.15, 0.2) is 6.73 Å². The summed E-state index contributed by atoms with van der Waals surface area (Å²) in [5, 5.41) is 0. The Morgan fingerprint density at radius 1 is 1.03 bits per heavy atom. The normalized spacial score (nSPS) is 17.4. The number of rotatable bonds is 4. The molecule has 0 radical (unpaired) electrons. The number of nitrogens with zero attached hydrogens (tertiary/aromatic N) is 2. The quantitative estimate of drug-likeness (QED) is 0.624. The van der Waals surface area contributed by atoms with Gasteiger partial charge in [0, 0.05) is 24.7 Å². The van der Waals surface area contributed by atoms with Crippen LogP contribution >= 0.6 is 0 Å². The lowest BCUT2D eigenvalue weighted by Gasteiger charge is -2.21. The maximum atomic E-state index is 12.8. The summed E-state index contributed by atoms with van der Waals surface area (Å²) in [6.45, 7) is 0.109. The topological polar surface area (TPSA) is 68.7 Å². The standard InChI is InChI=1S/C24H20N2O4/c27-23-22(12-16-6-5-11-25-13-16)26(15-30-23)24(28)29-14-21-19-9-3-1-7-17(19)18-8-2-4-10-20(18)21/h1-11,13,21-22H,12,14-15H2. The molecule has 150 valence electrons. The van der Waals surface area contributed by atoms with Gasteiger partial charge in [-0.25, -0.2) is 9.59 Å². The van der Waals surface area contributed by atoms with Gasteiger partial charge < -0.3 is 9.47 Å². The highest BCUT2D eigenvalue weighted by Crippen LogP contribution is 2.44. The van der Waals surface area contributed by atoms with Crippen molar-refractivity contribution in [1.82, 2.24) is 9.88 Å². The SMILES string of the molecule is O=C1OCN(C(=O)OCC2c3ccccc3-c3ccccc32)C1Cc1cccnc1. The number of benzene rings is 2. The van der Waals surface area contributed by atoms with E-state index in [4.69, 9.17) is 9.47 Å². The van der Waals surface area contributed by atoms with E-state index >= 15 is 0 Å². The van der Waals surface area contributed by atoms with Crippen molar-refractivity contribution in [2.75, 3.05) is 13.3 Å². The molecule has 6 heteroatoms. The Bertz CT molecular complexity index is 1050. The summed E-state index contributed by atoms with van der Waals surface area (Å²) >= 11 is 0. The van der Waals surface area contributed by atoms with Gasteiger partial charge in [0.2, 0.25) is 0 Å². The Kier molecular flexibility index (Phi) is 4.67. The maximum Gasteiger partial charge on any atom is 0.413 e. The minimum atomic E-state index is -0.704.